The summed E-state index contributed by atoms with van der Waals surface area (Å²) in [6, 6.07) is 7.42. The fraction of sp³-hybridized carbons (Fsp3) is 0.286. The van der Waals surface area contributed by atoms with Crippen LogP contribution in [0.5, 0.6) is 0 Å². The minimum absolute atomic E-state index is 0.116. The zero-order chi connectivity index (χ0) is 16.8. The molecule has 0 bridgehead atoms. The van der Waals surface area contributed by atoms with Gasteiger partial charge in [0.25, 0.3) is 0 Å². The average molecular weight is 429 g/mol. The van der Waals surface area contributed by atoms with E-state index in [0.29, 0.717) is 12.2 Å². The lowest BCUT2D eigenvalue weighted by molar-refractivity contribution is -0.383. The van der Waals surface area contributed by atoms with Crippen molar-refractivity contribution in [3.63, 3.8) is 0 Å². The normalized spacial score (nSPS) is 10.4. The first-order chi connectivity index (χ1) is 11.1. The van der Waals surface area contributed by atoms with Crippen LogP contribution in [0, 0.1) is 13.7 Å². The summed E-state index contributed by atoms with van der Waals surface area (Å²) in [5.74, 6) is 0.312. The van der Waals surface area contributed by atoms with Crippen LogP contribution in [0.25, 0.3) is 0 Å². The lowest BCUT2D eigenvalue weighted by Gasteiger charge is -2.20. The van der Waals surface area contributed by atoms with Gasteiger partial charge in [-0.15, -0.1) is 0 Å². The zero-order valence-corrected chi connectivity index (χ0v) is 14.6. The highest BCUT2D eigenvalue weighted by Gasteiger charge is 2.26. The third kappa shape index (κ3) is 4.26. The van der Waals surface area contributed by atoms with Gasteiger partial charge in [0.1, 0.15) is 6.33 Å². The molecule has 0 saturated carbocycles. The number of aliphatic hydroxyl groups is 1. The van der Waals surface area contributed by atoms with E-state index < -0.39 is 4.92 Å². The first-order valence-corrected chi connectivity index (χ1v) is 8.02. The van der Waals surface area contributed by atoms with Gasteiger partial charge in [-0.05, 0) is 53.8 Å². The zero-order valence-electron chi connectivity index (χ0n) is 12.4. The van der Waals surface area contributed by atoms with E-state index in [0.717, 1.165) is 3.57 Å². The highest BCUT2D eigenvalue weighted by atomic mass is 127. The van der Waals surface area contributed by atoms with Crippen LogP contribution in [0.3, 0.4) is 0 Å². The van der Waals surface area contributed by atoms with Crippen LogP contribution in [0.15, 0.2) is 30.6 Å². The minimum atomic E-state index is -0.510. The molecule has 0 saturated heterocycles. The average Bonchev–Trinajstić information content (AvgIpc) is 2.54. The number of hydrogen-bond donors (Lipinski definition) is 2. The summed E-state index contributed by atoms with van der Waals surface area (Å²) in [4.78, 5) is 20.7. The van der Waals surface area contributed by atoms with E-state index >= 15 is 0 Å². The lowest BCUT2D eigenvalue weighted by atomic mass is 10.3. The maximum atomic E-state index is 11.5. The van der Waals surface area contributed by atoms with E-state index in [-0.39, 0.29) is 30.5 Å². The Bertz CT molecular complexity index is 681. The number of aromatic nitrogens is 2. The van der Waals surface area contributed by atoms with Crippen LogP contribution < -0.4 is 10.2 Å². The van der Waals surface area contributed by atoms with E-state index in [1.54, 1.807) is 4.90 Å². The van der Waals surface area contributed by atoms with E-state index in [1.165, 1.54) is 6.33 Å². The second-order valence-corrected chi connectivity index (χ2v) is 5.83. The Balaban J connectivity index is 2.43. The van der Waals surface area contributed by atoms with Crippen molar-refractivity contribution in [2.45, 2.75) is 6.92 Å². The minimum Gasteiger partial charge on any atom is -0.395 e. The fourth-order valence-electron chi connectivity index (χ4n) is 2.06. The number of nitrogens with one attached hydrogen (secondary N) is 1. The number of nitrogens with zero attached hydrogens (tertiary/aromatic N) is 4. The molecule has 0 fully saturated rings. The molecule has 2 N–H and O–H groups in total. The Morgan fingerprint density at radius 2 is 2.04 bits per heavy atom. The van der Waals surface area contributed by atoms with E-state index in [2.05, 4.69) is 37.9 Å². The first-order valence-electron chi connectivity index (χ1n) is 6.94. The molecule has 0 atom stereocenters. The summed E-state index contributed by atoms with van der Waals surface area (Å²) in [6.07, 6.45) is 1.28. The molecule has 23 heavy (non-hydrogen) atoms. The molecule has 8 nitrogen and oxygen atoms in total. The van der Waals surface area contributed by atoms with Gasteiger partial charge >= 0.3 is 5.69 Å². The van der Waals surface area contributed by atoms with E-state index in [1.807, 2.05) is 31.2 Å². The topological polar surface area (TPSA) is 104 Å². The van der Waals surface area contributed by atoms with Gasteiger partial charge in [0.05, 0.1) is 11.5 Å². The summed E-state index contributed by atoms with van der Waals surface area (Å²) in [5.41, 5.74) is 0.490. The van der Waals surface area contributed by atoms with E-state index in [9.17, 15) is 10.1 Å². The summed E-state index contributed by atoms with van der Waals surface area (Å²) in [7, 11) is 0. The molecule has 1 aromatic heterocycles. The van der Waals surface area contributed by atoms with Crippen molar-refractivity contribution in [1.82, 2.24) is 9.97 Å². The molecule has 9 heteroatoms. The van der Waals surface area contributed by atoms with Gasteiger partial charge in [-0.3, -0.25) is 10.1 Å². The Morgan fingerprint density at radius 3 is 2.61 bits per heavy atom. The first kappa shape index (κ1) is 17.3. The highest BCUT2D eigenvalue weighted by molar-refractivity contribution is 14.1. The third-order valence-corrected chi connectivity index (χ3v) is 3.86. The summed E-state index contributed by atoms with van der Waals surface area (Å²) >= 11 is 2.18. The molecule has 1 aromatic carbocycles. The van der Waals surface area contributed by atoms with Crippen LogP contribution in [0.4, 0.5) is 23.0 Å². The molecular weight excluding hydrogens is 413 g/mol. The third-order valence-electron chi connectivity index (χ3n) is 3.14. The number of anilines is 3. The van der Waals surface area contributed by atoms with Crippen LogP contribution in [-0.4, -0.2) is 39.7 Å². The Morgan fingerprint density at radius 1 is 1.35 bits per heavy atom. The molecular formula is C14H16IN5O3. The Hall–Kier alpha value is -2.01. The Labute approximate surface area is 146 Å². The molecule has 0 aliphatic carbocycles. The van der Waals surface area contributed by atoms with Gasteiger partial charge in [0, 0.05) is 22.3 Å². The van der Waals surface area contributed by atoms with Crippen LogP contribution >= 0.6 is 22.6 Å². The summed E-state index contributed by atoms with van der Waals surface area (Å²) in [6.45, 7) is 2.47. The summed E-state index contributed by atoms with van der Waals surface area (Å²) in [5, 5.41) is 23.6. The second kappa shape index (κ2) is 8.02. The second-order valence-electron chi connectivity index (χ2n) is 4.59. The molecule has 0 aliphatic rings. The summed E-state index contributed by atoms with van der Waals surface area (Å²) < 4.78 is 1.06. The predicted octanol–water partition coefficient (Wildman–Crippen LogP) is 2.55. The SMILES string of the molecule is CCN(CCO)c1ncnc(Nc2ccc(I)cc2)c1[N+](=O)[O-]. The maximum absolute atomic E-state index is 11.5. The van der Waals surface area contributed by atoms with Gasteiger partial charge in [-0.2, -0.15) is 0 Å². The molecule has 0 radical (unpaired) electrons. The highest BCUT2D eigenvalue weighted by Crippen LogP contribution is 2.33. The lowest BCUT2D eigenvalue weighted by Crippen LogP contribution is -2.28. The largest absolute Gasteiger partial charge is 0.395 e. The molecule has 0 amide bonds. The van der Waals surface area contributed by atoms with Gasteiger partial charge in [-0.25, -0.2) is 9.97 Å². The van der Waals surface area contributed by atoms with Crippen molar-refractivity contribution < 1.29 is 10.0 Å². The number of rotatable bonds is 7. The molecule has 0 aliphatic heterocycles. The molecule has 1 heterocycles. The van der Waals surface area contributed by atoms with Crippen molar-refractivity contribution in [3.8, 4) is 0 Å². The fourth-order valence-corrected chi connectivity index (χ4v) is 2.42. The number of halogens is 1. The molecule has 0 unspecified atom stereocenters. The standard InChI is InChI=1S/C14H16IN5O3/c1-2-19(7-8-21)14-12(20(22)23)13(16-9-17-14)18-11-5-3-10(15)4-6-11/h3-6,9,21H,2,7-8H2,1H3,(H,16,17,18). The maximum Gasteiger partial charge on any atom is 0.353 e. The number of likely N-dealkylation sites (N-methyl/N-ethyl adjacent to an activating group) is 1. The van der Waals surface area contributed by atoms with Crippen LogP contribution in [0.1, 0.15) is 6.92 Å². The smallest absolute Gasteiger partial charge is 0.353 e. The van der Waals surface area contributed by atoms with E-state index in [4.69, 9.17) is 5.11 Å². The number of hydrogen-bond acceptors (Lipinski definition) is 7. The van der Waals surface area contributed by atoms with Crippen LogP contribution in [0.2, 0.25) is 0 Å². The van der Waals surface area contributed by atoms with Gasteiger partial charge < -0.3 is 15.3 Å². The molecule has 2 aromatic rings. The molecule has 122 valence electrons. The van der Waals surface area contributed by atoms with Crippen molar-refractivity contribution >= 4 is 45.6 Å². The van der Waals surface area contributed by atoms with Gasteiger partial charge in [0.2, 0.25) is 11.6 Å². The monoisotopic (exact) mass is 429 g/mol. The van der Waals surface area contributed by atoms with Gasteiger partial charge in [-0.1, -0.05) is 0 Å². The number of nitro groups is 1. The van der Waals surface area contributed by atoms with Crippen molar-refractivity contribution in [2.24, 2.45) is 0 Å². The van der Waals surface area contributed by atoms with Gasteiger partial charge in [0.15, 0.2) is 0 Å². The van der Waals surface area contributed by atoms with Crippen molar-refractivity contribution in [3.05, 3.63) is 44.3 Å². The van der Waals surface area contributed by atoms with Crippen LogP contribution in [-0.2, 0) is 0 Å². The molecule has 2 rings (SSSR count). The van der Waals surface area contributed by atoms with Crippen molar-refractivity contribution in [2.75, 3.05) is 29.9 Å². The number of aliphatic hydroxyl groups excluding tert-OH is 1. The number of benzene rings is 1. The quantitative estimate of drug-likeness (QED) is 0.396. The predicted molar refractivity (Wildman–Crippen MR) is 96.1 cm³/mol. The Kier molecular flexibility index (Phi) is 6.04. The van der Waals surface area contributed by atoms with Crippen molar-refractivity contribution in [1.29, 1.82) is 0 Å². The molecule has 0 spiro atoms.